The summed E-state index contributed by atoms with van der Waals surface area (Å²) < 4.78 is 1.70. The molecule has 5 nitrogen and oxygen atoms in total. The minimum Gasteiger partial charge on any atom is -0.507 e. The molecule has 0 fully saturated rings. The lowest BCUT2D eigenvalue weighted by Gasteiger charge is -2.07. The Labute approximate surface area is 107 Å². The fraction of sp³-hybridized carbons (Fsp3) is 0. The number of fused-ring (bicyclic) bond motifs is 1. The van der Waals surface area contributed by atoms with Crippen LogP contribution in [-0.4, -0.2) is 19.7 Å². The summed E-state index contributed by atoms with van der Waals surface area (Å²) in [5, 5.41) is 18.3. The first-order chi connectivity index (χ1) is 8.66. The molecule has 6 heteroatoms. The van der Waals surface area contributed by atoms with Gasteiger partial charge in [0.2, 0.25) is 5.95 Å². The van der Waals surface area contributed by atoms with Crippen LogP contribution in [-0.2, 0) is 0 Å². The second kappa shape index (κ2) is 3.89. The van der Waals surface area contributed by atoms with Crippen molar-refractivity contribution in [3.05, 3.63) is 41.6 Å². The Kier molecular flexibility index (Phi) is 2.34. The summed E-state index contributed by atoms with van der Waals surface area (Å²) in [7, 11) is 0. The zero-order valence-corrected chi connectivity index (χ0v) is 9.96. The number of aromatic nitrogens is 3. The summed E-state index contributed by atoms with van der Waals surface area (Å²) in [6.45, 7) is 0. The van der Waals surface area contributed by atoms with E-state index in [0.29, 0.717) is 22.2 Å². The van der Waals surface area contributed by atoms with Crippen LogP contribution in [0, 0.1) is 0 Å². The quantitative estimate of drug-likeness (QED) is 0.704. The molecule has 0 unspecified atom stereocenters. The van der Waals surface area contributed by atoms with E-state index in [2.05, 4.69) is 10.2 Å². The minimum atomic E-state index is 0.0599. The van der Waals surface area contributed by atoms with Gasteiger partial charge in [-0.2, -0.15) is 0 Å². The van der Waals surface area contributed by atoms with Gasteiger partial charge in [-0.05, 0) is 30.3 Å². The predicted octanol–water partition coefficient (Wildman–Crippen LogP) is 2.34. The minimum absolute atomic E-state index is 0.0599. The van der Waals surface area contributed by atoms with Gasteiger partial charge in [0.1, 0.15) is 11.4 Å². The summed E-state index contributed by atoms with van der Waals surface area (Å²) in [6, 6.07) is 8.55. The molecule has 0 bridgehead atoms. The summed E-state index contributed by atoms with van der Waals surface area (Å²) in [5.74, 6) is 0.358. The molecule has 1 aromatic carbocycles. The maximum absolute atomic E-state index is 9.92. The van der Waals surface area contributed by atoms with Crippen LogP contribution in [0.1, 0.15) is 0 Å². The van der Waals surface area contributed by atoms with E-state index in [4.69, 9.17) is 17.3 Å². The number of hydrogen-bond donors (Lipinski definition) is 2. The van der Waals surface area contributed by atoms with Crippen molar-refractivity contribution in [2.75, 3.05) is 5.73 Å². The molecule has 3 rings (SSSR count). The van der Waals surface area contributed by atoms with Crippen LogP contribution in [0.25, 0.3) is 16.8 Å². The largest absolute Gasteiger partial charge is 0.507 e. The van der Waals surface area contributed by atoms with Crippen molar-refractivity contribution < 1.29 is 5.11 Å². The van der Waals surface area contributed by atoms with E-state index in [-0.39, 0.29) is 5.75 Å². The molecule has 18 heavy (non-hydrogen) atoms. The summed E-state index contributed by atoms with van der Waals surface area (Å²) in [5.41, 5.74) is 7.62. The molecule has 90 valence electrons. The molecule has 0 aliphatic rings. The Balaban J connectivity index is 2.32. The average molecular weight is 261 g/mol. The number of benzene rings is 1. The van der Waals surface area contributed by atoms with Crippen molar-refractivity contribution in [3.63, 3.8) is 0 Å². The number of nitrogens with two attached hydrogens (primary N) is 1. The number of hydrogen-bond acceptors (Lipinski definition) is 4. The third-order valence-corrected chi connectivity index (χ3v) is 2.94. The highest BCUT2D eigenvalue weighted by Gasteiger charge is 2.12. The maximum Gasteiger partial charge on any atom is 0.225 e. The van der Waals surface area contributed by atoms with E-state index in [0.717, 1.165) is 5.52 Å². The van der Waals surface area contributed by atoms with Crippen molar-refractivity contribution in [3.8, 4) is 17.0 Å². The number of nitrogen functional groups attached to an aromatic ring is 1. The number of aromatic hydroxyl groups is 1. The van der Waals surface area contributed by atoms with Crippen LogP contribution in [0.3, 0.4) is 0 Å². The van der Waals surface area contributed by atoms with Gasteiger partial charge in [0.05, 0.1) is 5.52 Å². The Morgan fingerprint density at radius 2 is 2.06 bits per heavy atom. The van der Waals surface area contributed by atoms with E-state index >= 15 is 0 Å². The first kappa shape index (κ1) is 10.9. The highest BCUT2D eigenvalue weighted by Crippen LogP contribution is 2.32. The fourth-order valence-electron chi connectivity index (χ4n) is 1.87. The zero-order chi connectivity index (χ0) is 12.7. The zero-order valence-electron chi connectivity index (χ0n) is 9.21. The molecule has 2 heterocycles. The van der Waals surface area contributed by atoms with Gasteiger partial charge in [-0.15, -0.1) is 10.2 Å². The second-order valence-corrected chi connectivity index (χ2v) is 4.27. The van der Waals surface area contributed by atoms with Crippen LogP contribution in [0.4, 0.5) is 5.95 Å². The van der Waals surface area contributed by atoms with E-state index in [1.807, 2.05) is 12.1 Å². The number of anilines is 1. The molecule has 0 saturated carbocycles. The fourth-order valence-corrected chi connectivity index (χ4v) is 2.04. The van der Waals surface area contributed by atoms with Gasteiger partial charge in [0.15, 0.2) is 0 Å². The van der Waals surface area contributed by atoms with Gasteiger partial charge in [-0.3, -0.25) is 4.40 Å². The summed E-state index contributed by atoms with van der Waals surface area (Å²) in [6.07, 6.45) is 1.79. The predicted molar refractivity (Wildman–Crippen MR) is 69.5 cm³/mol. The number of phenolic OH excluding ortho intramolecular Hbond substituents is 1. The molecule has 0 aliphatic heterocycles. The number of rotatable bonds is 1. The topological polar surface area (TPSA) is 76.4 Å². The van der Waals surface area contributed by atoms with E-state index in [9.17, 15) is 5.11 Å². The number of phenols is 1. The molecule has 3 N–H and O–H groups in total. The first-order valence-corrected chi connectivity index (χ1v) is 5.63. The van der Waals surface area contributed by atoms with E-state index in [1.54, 1.807) is 22.7 Å². The highest BCUT2D eigenvalue weighted by atomic mass is 35.5. The average Bonchev–Trinajstić information content (AvgIpc) is 2.81. The Hall–Kier alpha value is -2.27. The van der Waals surface area contributed by atoms with Crippen LogP contribution in [0.5, 0.6) is 5.75 Å². The molecule has 0 radical (unpaired) electrons. The third-order valence-electron chi connectivity index (χ3n) is 2.71. The standard InChI is InChI=1S/C12H9ClN4O/c13-7-3-4-8(10(18)6-7)11-9-2-1-5-17(9)12(14)16-15-11/h1-6,18H,(H2,14,16). The van der Waals surface area contributed by atoms with Crippen LogP contribution < -0.4 is 5.73 Å². The summed E-state index contributed by atoms with van der Waals surface area (Å²) >= 11 is 5.81. The molecular weight excluding hydrogens is 252 g/mol. The Morgan fingerprint density at radius 3 is 2.83 bits per heavy atom. The van der Waals surface area contributed by atoms with Crippen LogP contribution >= 0.6 is 11.6 Å². The van der Waals surface area contributed by atoms with Crippen molar-refractivity contribution in [1.82, 2.24) is 14.6 Å². The van der Waals surface area contributed by atoms with Crippen molar-refractivity contribution in [2.45, 2.75) is 0 Å². The molecular formula is C12H9ClN4O. The van der Waals surface area contributed by atoms with Crippen molar-refractivity contribution >= 4 is 23.1 Å². The highest BCUT2D eigenvalue weighted by molar-refractivity contribution is 6.30. The molecule has 0 atom stereocenters. The van der Waals surface area contributed by atoms with Gasteiger partial charge >= 0.3 is 0 Å². The molecule has 0 aliphatic carbocycles. The Bertz CT molecular complexity index is 738. The lowest BCUT2D eigenvalue weighted by atomic mass is 10.1. The van der Waals surface area contributed by atoms with Crippen LogP contribution in [0.15, 0.2) is 36.5 Å². The van der Waals surface area contributed by atoms with Gasteiger partial charge in [0.25, 0.3) is 0 Å². The van der Waals surface area contributed by atoms with Gasteiger partial charge < -0.3 is 10.8 Å². The monoisotopic (exact) mass is 260 g/mol. The van der Waals surface area contributed by atoms with Crippen molar-refractivity contribution in [1.29, 1.82) is 0 Å². The van der Waals surface area contributed by atoms with Gasteiger partial charge in [-0.1, -0.05) is 11.6 Å². The van der Waals surface area contributed by atoms with Gasteiger partial charge in [0, 0.05) is 16.8 Å². The summed E-state index contributed by atoms with van der Waals surface area (Å²) in [4.78, 5) is 0. The first-order valence-electron chi connectivity index (χ1n) is 5.25. The number of halogens is 1. The van der Waals surface area contributed by atoms with Crippen molar-refractivity contribution in [2.24, 2.45) is 0 Å². The third kappa shape index (κ3) is 1.56. The maximum atomic E-state index is 9.92. The molecule has 0 amide bonds. The molecule has 0 saturated heterocycles. The van der Waals surface area contributed by atoms with Crippen LogP contribution in [0.2, 0.25) is 5.02 Å². The molecule has 2 aromatic heterocycles. The molecule has 0 spiro atoms. The van der Waals surface area contributed by atoms with Gasteiger partial charge in [-0.25, -0.2) is 0 Å². The lowest BCUT2D eigenvalue weighted by molar-refractivity contribution is 0.477. The Morgan fingerprint density at radius 1 is 1.22 bits per heavy atom. The van der Waals surface area contributed by atoms with E-state index in [1.165, 1.54) is 6.07 Å². The SMILES string of the molecule is Nc1nnc(-c2ccc(Cl)cc2O)c2cccn12. The lowest BCUT2D eigenvalue weighted by Crippen LogP contribution is -2.03. The molecule has 3 aromatic rings. The van der Waals surface area contributed by atoms with E-state index < -0.39 is 0 Å². The normalized spacial score (nSPS) is 10.9. The smallest absolute Gasteiger partial charge is 0.225 e. The second-order valence-electron chi connectivity index (χ2n) is 3.83. The number of nitrogens with zero attached hydrogens (tertiary/aromatic N) is 3.